The number of ether oxygens (including phenoxy) is 1. The van der Waals surface area contributed by atoms with Gasteiger partial charge in [0.1, 0.15) is 0 Å². The normalized spacial score (nSPS) is 10.3. The molecule has 1 aromatic rings. The van der Waals surface area contributed by atoms with Gasteiger partial charge < -0.3 is 4.74 Å². The SMILES string of the molecule is O=[N+]([O-])c1cc(I)ccc1OC(F)F. The highest BCUT2D eigenvalue weighted by molar-refractivity contribution is 14.1. The van der Waals surface area contributed by atoms with Crippen LogP contribution in [0.1, 0.15) is 0 Å². The first kappa shape index (κ1) is 11.1. The summed E-state index contributed by atoms with van der Waals surface area (Å²) in [4.78, 5) is 9.67. The number of hydrogen-bond acceptors (Lipinski definition) is 3. The van der Waals surface area contributed by atoms with Gasteiger partial charge in [-0.2, -0.15) is 8.78 Å². The molecule has 0 radical (unpaired) electrons. The fraction of sp³-hybridized carbons (Fsp3) is 0.143. The second-order valence-electron chi connectivity index (χ2n) is 2.25. The van der Waals surface area contributed by atoms with Gasteiger partial charge >= 0.3 is 12.3 Å². The summed E-state index contributed by atoms with van der Waals surface area (Å²) >= 11 is 1.84. The smallest absolute Gasteiger partial charge is 0.387 e. The van der Waals surface area contributed by atoms with Gasteiger partial charge in [-0.3, -0.25) is 10.1 Å². The Morgan fingerprint density at radius 1 is 1.50 bits per heavy atom. The molecule has 0 N–H and O–H groups in total. The molecule has 0 unspecified atom stereocenters. The quantitative estimate of drug-likeness (QED) is 0.490. The highest BCUT2D eigenvalue weighted by atomic mass is 127. The van der Waals surface area contributed by atoms with Crippen molar-refractivity contribution in [3.63, 3.8) is 0 Å². The molecule has 0 amide bonds. The van der Waals surface area contributed by atoms with E-state index in [9.17, 15) is 18.9 Å². The molecule has 0 spiro atoms. The zero-order valence-corrected chi connectivity index (χ0v) is 8.77. The number of nitrogens with zero attached hydrogens (tertiary/aromatic N) is 1. The predicted molar refractivity (Wildman–Crippen MR) is 52.4 cm³/mol. The molecule has 0 aliphatic heterocycles. The molecular weight excluding hydrogens is 311 g/mol. The zero-order valence-electron chi connectivity index (χ0n) is 6.62. The minimum atomic E-state index is -3.06. The average molecular weight is 315 g/mol. The molecule has 14 heavy (non-hydrogen) atoms. The minimum Gasteiger partial charge on any atom is -0.427 e. The fourth-order valence-corrected chi connectivity index (χ4v) is 1.30. The van der Waals surface area contributed by atoms with Crippen molar-refractivity contribution in [2.24, 2.45) is 0 Å². The molecule has 7 heteroatoms. The van der Waals surface area contributed by atoms with E-state index in [1.807, 2.05) is 22.6 Å². The summed E-state index contributed by atoms with van der Waals surface area (Å²) in [5, 5.41) is 10.4. The van der Waals surface area contributed by atoms with Crippen molar-refractivity contribution in [2.75, 3.05) is 0 Å². The Labute approximate surface area is 91.2 Å². The number of rotatable bonds is 3. The van der Waals surface area contributed by atoms with E-state index in [4.69, 9.17) is 0 Å². The highest BCUT2D eigenvalue weighted by Gasteiger charge is 2.18. The van der Waals surface area contributed by atoms with Gasteiger partial charge in [0.2, 0.25) is 5.75 Å². The Bertz CT molecular complexity index is 359. The number of nitro benzene ring substituents is 1. The lowest BCUT2D eigenvalue weighted by atomic mass is 10.3. The maximum atomic E-state index is 11.8. The largest absolute Gasteiger partial charge is 0.427 e. The molecule has 76 valence electrons. The van der Waals surface area contributed by atoms with Crippen LogP contribution in [0.25, 0.3) is 0 Å². The third-order valence-electron chi connectivity index (χ3n) is 1.33. The van der Waals surface area contributed by atoms with Crippen molar-refractivity contribution in [2.45, 2.75) is 6.61 Å². The van der Waals surface area contributed by atoms with Crippen LogP contribution in [0.3, 0.4) is 0 Å². The molecule has 0 aliphatic carbocycles. The molecule has 0 bridgehead atoms. The minimum absolute atomic E-state index is 0.426. The summed E-state index contributed by atoms with van der Waals surface area (Å²) in [6.07, 6.45) is 0. The first-order valence-corrected chi connectivity index (χ1v) is 4.47. The molecule has 0 aliphatic rings. The van der Waals surface area contributed by atoms with Crippen molar-refractivity contribution in [3.05, 3.63) is 31.9 Å². The van der Waals surface area contributed by atoms with E-state index in [2.05, 4.69) is 4.74 Å². The topological polar surface area (TPSA) is 52.4 Å². The van der Waals surface area contributed by atoms with Crippen LogP contribution in [0.5, 0.6) is 5.75 Å². The predicted octanol–water partition coefficient (Wildman–Crippen LogP) is 2.80. The van der Waals surface area contributed by atoms with E-state index in [0.717, 1.165) is 12.1 Å². The maximum Gasteiger partial charge on any atom is 0.387 e. The van der Waals surface area contributed by atoms with Crippen LogP contribution < -0.4 is 4.74 Å². The first-order chi connectivity index (χ1) is 6.50. The van der Waals surface area contributed by atoms with Crippen LogP contribution in [-0.4, -0.2) is 11.5 Å². The second-order valence-corrected chi connectivity index (χ2v) is 3.49. The lowest BCUT2D eigenvalue weighted by Crippen LogP contribution is -2.04. The number of alkyl halides is 2. The third-order valence-corrected chi connectivity index (χ3v) is 2.00. The lowest BCUT2D eigenvalue weighted by molar-refractivity contribution is -0.386. The maximum absolute atomic E-state index is 11.8. The third kappa shape index (κ3) is 2.76. The van der Waals surface area contributed by atoms with Crippen LogP contribution in [0.2, 0.25) is 0 Å². The number of halogens is 3. The van der Waals surface area contributed by atoms with Gasteiger partial charge in [-0.1, -0.05) is 0 Å². The number of nitro groups is 1. The Morgan fingerprint density at radius 2 is 2.14 bits per heavy atom. The Kier molecular flexibility index (Phi) is 3.55. The Hall–Kier alpha value is -0.990. The van der Waals surface area contributed by atoms with Crippen molar-refractivity contribution in [3.8, 4) is 5.75 Å². The van der Waals surface area contributed by atoms with Crippen molar-refractivity contribution >= 4 is 28.3 Å². The first-order valence-electron chi connectivity index (χ1n) is 3.39. The van der Waals surface area contributed by atoms with Gasteiger partial charge in [-0.25, -0.2) is 0 Å². The number of hydrogen-bond donors (Lipinski definition) is 0. The molecule has 0 heterocycles. The standard InChI is InChI=1S/C7H4F2INO3/c8-7(9)14-6-2-1-4(10)3-5(6)11(12)13/h1-3,7H. The van der Waals surface area contributed by atoms with Crippen LogP contribution in [0, 0.1) is 13.7 Å². The van der Waals surface area contributed by atoms with Gasteiger partial charge in [-0.05, 0) is 34.7 Å². The molecule has 0 aromatic heterocycles. The molecular formula is C7H4F2INO3. The van der Waals surface area contributed by atoms with Crippen molar-refractivity contribution in [1.82, 2.24) is 0 Å². The van der Waals surface area contributed by atoms with Crippen molar-refractivity contribution < 1.29 is 18.4 Å². The van der Waals surface area contributed by atoms with Crippen LogP contribution in [0.4, 0.5) is 14.5 Å². The average Bonchev–Trinajstić information content (AvgIpc) is 2.07. The van der Waals surface area contributed by atoms with Crippen LogP contribution >= 0.6 is 22.6 Å². The monoisotopic (exact) mass is 315 g/mol. The number of benzene rings is 1. The van der Waals surface area contributed by atoms with Crippen molar-refractivity contribution in [1.29, 1.82) is 0 Å². The van der Waals surface area contributed by atoms with Gasteiger partial charge in [0.05, 0.1) is 4.92 Å². The molecule has 4 nitrogen and oxygen atoms in total. The summed E-state index contributed by atoms with van der Waals surface area (Å²) in [7, 11) is 0. The summed E-state index contributed by atoms with van der Waals surface area (Å²) in [5.41, 5.74) is -0.461. The summed E-state index contributed by atoms with van der Waals surface area (Å²) in [5.74, 6) is -0.426. The van der Waals surface area contributed by atoms with Gasteiger partial charge in [-0.15, -0.1) is 0 Å². The van der Waals surface area contributed by atoms with Gasteiger partial charge in [0, 0.05) is 9.64 Å². The summed E-state index contributed by atoms with van der Waals surface area (Å²) in [6.45, 7) is -3.06. The highest BCUT2D eigenvalue weighted by Crippen LogP contribution is 2.29. The second kappa shape index (κ2) is 4.49. The molecule has 1 aromatic carbocycles. The van der Waals surface area contributed by atoms with Gasteiger partial charge in [0.25, 0.3) is 0 Å². The van der Waals surface area contributed by atoms with E-state index in [1.165, 1.54) is 6.07 Å². The lowest BCUT2D eigenvalue weighted by Gasteiger charge is -2.04. The van der Waals surface area contributed by atoms with Crippen LogP contribution in [-0.2, 0) is 0 Å². The van der Waals surface area contributed by atoms with E-state index >= 15 is 0 Å². The van der Waals surface area contributed by atoms with E-state index < -0.39 is 23.0 Å². The van der Waals surface area contributed by atoms with E-state index in [-0.39, 0.29) is 0 Å². The fourth-order valence-electron chi connectivity index (χ4n) is 0.829. The molecule has 1 rings (SSSR count). The van der Waals surface area contributed by atoms with E-state index in [1.54, 1.807) is 0 Å². The molecule has 0 atom stereocenters. The molecule has 0 saturated heterocycles. The van der Waals surface area contributed by atoms with Crippen LogP contribution in [0.15, 0.2) is 18.2 Å². The summed E-state index contributed by atoms with van der Waals surface area (Å²) in [6, 6.07) is 3.76. The Morgan fingerprint density at radius 3 is 2.64 bits per heavy atom. The molecule has 0 saturated carbocycles. The molecule has 0 fully saturated rings. The Balaban J connectivity index is 3.08. The van der Waals surface area contributed by atoms with E-state index in [0.29, 0.717) is 3.57 Å². The zero-order chi connectivity index (χ0) is 10.7. The van der Waals surface area contributed by atoms with Gasteiger partial charge in [0.15, 0.2) is 0 Å². The summed E-state index contributed by atoms with van der Waals surface area (Å²) < 4.78 is 28.2.